The molecule has 1 fully saturated rings. The van der Waals surface area contributed by atoms with Crippen molar-refractivity contribution < 1.29 is 9.66 Å². The molecule has 6 heteroatoms. The maximum absolute atomic E-state index is 11.1. The summed E-state index contributed by atoms with van der Waals surface area (Å²) < 4.78 is 5.21. The van der Waals surface area contributed by atoms with Crippen molar-refractivity contribution in [3.05, 3.63) is 33.9 Å². The van der Waals surface area contributed by atoms with Crippen molar-refractivity contribution in [3.63, 3.8) is 0 Å². The number of rotatable bonds is 3. The Morgan fingerprint density at radius 2 is 2.12 bits per heavy atom. The van der Waals surface area contributed by atoms with E-state index in [0.717, 1.165) is 17.1 Å². The van der Waals surface area contributed by atoms with Crippen LogP contribution in [0.4, 0.5) is 5.69 Å². The highest BCUT2D eigenvalue weighted by Crippen LogP contribution is 2.49. The lowest BCUT2D eigenvalue weighted by molar-refractivity contribution is -0.386. The third-order valence-electron chi connectivity index (χ3n) is 2.31. The molecular weight excluding hydrogens is 246 g/mol. The number of hydrogen-bond acceptors (Lipinski definition) is 5. The predicted molar refractivity (Wildman–Crippen MR) is 67.3 cm³/mol. The van der Waals surface area contributed by atoms with Gasteiger partial charge in [-0.1, -0.05) is 6.07 Å². The van der Waals surface area contributed by atoms with E-state index >= 15 is 0 Å². The standard InChI is InChI=1S/C10H11NO3S2/c1-14-8-4-2-3-7(9(8)11(12)13)10-15-5-6-16-10/h2-4,10H,5-6H2,1H3. The highest BCUT2D eigenvalue weighted by Gasteiger charge is 2.29. The fourth-order valence-electron chi connectivity index (χ4n) is 1.63. The van der Waals surface area contributed by atoms with E-state index in [0.29, 0.717) is 5.75 Å². The Morgan fingerprint density at radius 1 is 1.44 bits per heavy atom. The van der Waals surface area contributed by atoms with Crippen LogP contribution in [0.15, 0.2) is 18.2 Å². The quantitative estimate of drug-likeness (QED) is 0.615. The first kappa shape index (κ1) is 11.6. The molecule has 0 atom stereocenters. The SMILES string of the molecule is COc1cccc(C2SCCS2)c1[N+](=O)[O-]. The second kappa shape index (κ2) is 4.97. The summed E-state index contributed by atoms with van der Waals surface area (Å²) >= 11 is 3.50. The van der Waals surface area contributed by atoms with Gasteiger partial charge in [-0.2, -0.15) is 0 Å². The largest absolute Gasteiger partial charge is 0.490 e. The fraction of sp³-hybridized carbons (Fsp3) is 0.400. The topological polar surface area (TPSA) is 52.4 Å². The van der Waals surface area contributed by atoms with Crippen LogP contribution in [-0.4, -0.2) is 23.5 Å². The predicted octanol–water partition coefficient (Wildman–Crippen LogP) is 3.08. The van der Waals surface area contributed by atoms with Crippen LogP contribution in [0.5, 0.6) is 5.75 Å². The molecule has 1 heterocycles. The zero-order chi connectivity index (χ0) is 11.5. The van der Waals surface area contributed by atoms with Gasteiger partial charge >= 0.3 is 5.69 Å². The smallest absolute Gasteiger partial charge is 0.316 e. The van der Waals surface area contributed by atoms with E-state index in [9.17, 15) is 10.1 Å². The number of hydrogen-bond donors (Lipinski definition) is 0. The van der Waals surface area contributed by atoms with Crippen LogP contribution in [0.1, 0.15) is 10.1 Å². The molecule has 0 aromatic heterocycles. The molecule has 1 saturated heterocycles. The normalized spacial score (nSPS) is 16.3. The summed E-state index contributed by atoms with van der Waals surface area (Å²) in [6.07, 6.45) is 0. The van der Waals surface area contributed by atoms with E-state index in [2.05, 4.69) is 0 Å². The lowest BCUT2D eigenvalue weighted by Gasteiger charge is -2.10. The molecule has 1 aliphatic rings. The van der Waals surface area contributed by atoms with Gasteiger partial charge in [0, 0.05) is 11.5 Å². The first-order chi connectivity index (χ1) is 7.74. The Kier molecular flexibility index (Phi) is 3.60. The number of para-hydroxylation sites is 1. The minimum Gasteiger partial charge on any atom is -0.490 e. The zero-order valence-electron chi connectivity index (χ0n) is 8.71. The molecule has 0 saturated carbocycles. The Morgan fingerprint density at radius 3 is 2.69 bits per heavy atom. The maximum atomic E-state index is 11.1. The van der Waals surface area contributed by atoms with Gasteiger partial charge in [-0.15, -0.1) is 23.5 Å². The van der Waals surface area contributed by atoms with Crippen LogP contribution < -0.4 is 4.74 Å². The molecule has 0 radical (unpaired) electrons. The molecule has 4 nitrogen and oxygen atoms in total. The van der Waals surface area contributed by atoms with Crippen molar-refractivity contribution in [2.45, 2.75) is 4.58 Å². The van der Waals surface area contributed by atoms with Gasteiger partial charge in [0.2, 0.25) is 0 Å². The van der Waals surface area contributed by atoms with E-state index in [1.807, 2.05) is 6.07 Å². The molecule has 2 rings (SSSR count). The Balaban J connectivity index is 2.46. The summed E-state index contributed by atoms with van der Waals surface area (Å²) in [5, 5.41) is 11.1. The van der Waals surface area contributed by atoms with Crippen LogP contribution in [-0.2, 0) is 0 Å². The van der Waals surface area contributed by atoms with Gasteiger partial charge in [0.15, 0.2) is 5.75 Å². The molecule has 0 aliphatic carbocycles. The van der Waals surface area contributed by atoms with Crippen LogP contribution in [0.25, 0.3) is 0 Å². The monoisotopic (exact) mass is 257 g/mol. The van der Waals surface area contributed by atoms with E-state index in [4.69, 9.17) is 4.74 Å². The minimum absolute atomic E-state index is 0.108. The first-order valence-electron chi connectivity index (χ1n) is 4.78. The van der Waals surface area contributed by atoms with Crippen LogP contribution in [0.2, 0.25) is 0 Å². The Bertz CT molecular complexity index is 405. The molecule has 0 spiro atoms. The number of benzene rings is 1. The lowest BCUT2D eigenvalue weighted by Crippen LogP contribution is -1.99. The molecule has 0 N–H and O–H groups in total. The number of nitro benzene ring substituents is 1. The number of methoxy groups -OCH3 is 1. The second-order valence-corrected chi connectivity index (χ2v) is 5.95. The molecule has 0 amide bonds. The highest BCUT2D eigenvalue weighted by atomic mass is 32.2. The van der Waals surface area contributed by atoms with Gasteiger partial charge in [0.05, 0.1) is 22.2 Å². The van der Waals surface area contributed by atoms with Crippen molar-refractivity contribution in [2.24, 2.45) is 0 Å². The molecule has 86 valence electrons. The summed E-state index contributed by atoms with van der Waals surface area (Å²) in [7, 11) is 1.46. The fourth-order valence-corrected chi connectivity index (χ4v) is 4.53. The summed E-state index contributed by atoms with van der Waals surface area (Å²) in [4.78, 5) is 10.7. The van der Waals surface area contributed by atoms with Crippen molar-refractivity contribution in [3.8, 4) is 5.75 Å². The van der Waals surface area contributed by atoms with E-state index in [-0.39, 0.29) is 15.2 Å². The van der Waals surface area contributed by atoms with Gasteiger partial charge < -0.3 is 4.74 Å². The molecule has 1 aliphatic heterocycles. The summed E-state index contributed by atoms with van der Waals surface area (Å²) in [5.74, 6) is 2.43. The lowest BCUT2D eigenvalue weighted by atomic mass is 10.2. The van der Waals surface area contributed by atoms with Crippen molar-refractivity contribution in [1.82, 2.24) is 0 Å². The molecule has 0 bridgehead atoms. The van der Waals surface area contributed by atoms with E-state index in [1.54, 1.807) is 35.7 Å². The zero-order valence-corrected chi connectivity index (χ0v) is 10.3. The van der Waals surface area contributed by atoms with Gasteiger partial charge in [0.25, 0.3) is 0 Å². The number of nitro groups is 1. The minimum atomic E-state index is -0.354. The summed E-state index contributed by atoms with van der Waals surface area (Å²) in [6, 6.07) is 5.25. The van der Waals surface area contributed by atoms with Crippen LogP contribution >= 0.6 is 23.5 Å². The van der Waals surface area contributed by atoms with Gasteiger partial charge in [-0.05, 0) is 12.1 Å². The average Bonchev–Trinajstić information content (AvgIpc) is 2.81. The molecule has 1 aromatic rings. The van der Waals surface area contributed by atoms with Gasteiger partial charge in [0.1, 0.15) is 0 Å². The average molecular weight is 257 g/mol. The van der Waals surface area contributed by atoms with Gasteiger partial charge in [-0.25, -0.2) is 0 Å². The van der Waals surface area contributed by atoms with Crippen molar-refractivity contribution in [1.29, 1.82) is 0 Å². The summed E-state index contributed by atoms with van der Waals surface area (Å²) in [6.45, 7) is 0. The molecular formula is C10H11NO3S2. The van der Waals surface area contributed by atoms with Crippen LogP contribution in [0.3, 0.4) is 0 Å². The molecule has 16 heavy (non-hydrogen) atoms. The number of thioether (sulfide) groups is 2. The van der Waals surface area contributed by atoms with E-state index in [1.165, 1.54) is 7.11 Å². The van der Waals surface area contributed by atoms with Gasteiger partial charge in [-0.3, -0.25) is 10.1 Å². The third-order valence-corrected chi connectivity index (χ3v) is 5.38. The van der Waals surface area contributed by atoms with Crippen LogP contribution in [0, 0.1) is 10.1 Å². The van der Waals surface area contributed by atoms with E-state index < -0.39 is 0 Å². The number of nitrogens with zero attached hydrogens (tertiary/aromatic N) is 1. The second-order valence-electron chi connectivity index (χ2n) is 3.23. The maximum Gasteiger partial charge on any atom is 0.316 e. The molecule has 0 unspecified atom stereocenters. The summed E-state index contributed by atoms with van der Waals surface area (Å²) in [5.41, 5.74) is 0.869. The first-order valence-corrected chi connectivity index (χ1v) is 6.88. The third kappa shape index (κ3) is 2.12. The van der Waals surface area contributed by atoms with Crippen molar-refractivity contribution >= 4 is 29.2 Å². The van der Waals surface area contributed by atoms with Crippen molar-refractivity contribution in [2.75, 3.05) is 18.6 Å². The number of ether oxygens (including phenoxy) is 1. The Hall–Kier alpha value is -0.880. The highest BCUT2D eigenvalue weighted by molar-refractivity contribution is 8.19. The Labute approximate surface area is 102 Å². The molecule has 1 aromatic carbocycles.